The molecule has 0 saturated carbocycles. The second-order valence-corrected chi connectivity index (χ2v) is 6.12. The van der Waals surface area contributed by atoms with Gasteiger partial charge in [-0.25, -0.2) is 4.68 Å². The standard InChI is InChI=1S/C17H19F3N4O/c18-17(19,20)15-7-10-22-24(15)14-3-1-13(2-4-14)23-16(25)11-12-5-8-21-9-6-12/h1-4,7,10,12,21H,5-6,8-9,11H2,(H,23,25). The molecule has 0 atom stereocenters. The highest BCUT2D eigenvalue weighted by atomic mass is 19.4. The van der Waals surface area contributed by atoms with Crippen LogP contribution in [0, 0.1) is 5.92 Å². The van der Waals surface area contributed by atoms with Crippen molar-refractivity contribution in [3.05, 3.63) is 42.2 Å². The highest BCUT2D eigenvalue weighted by molar-refractivity contribution is 5.90. The molecule has 0 radical (unpaired) electrons. The average molecular weight is 352 g/mol. The molecule has 1 aromatic heterocycles. The summed E-state index contributed by atoms with van der Waals surface area (Å²) in [6, 6.07) is 7.09. The summed E-state index contributed by atoms with van der Waals surface area (Å²) in [6.45, 7) is 1.86. The Morgan fingerprint density at radius 3 is 2.52 bits per heavy atom. The van der Waals surface area contributed by atoms with Crippen molar-refractivity contribution in [3.63, 3.8) is 0 Å². The number of rotatable bonds is 4. The lowest BCUT2D eigenvalue weighted by Crippen LogP contribution is -2.30. The molecule has 1 aromatic carbocycles. The molecule has 1 fully saturated rings. The molecule has 1 aliphatic heterocycles. The van der Waals surface area contributed by atoms with Gasteiger partial charge < -0.3 is 10.6 Å². The van der Waals surface area contributed by atoms with E-state index in [2.05, 4.69) is 15.7 Å². The van der Waals surface area contributed by atoms with E-state index in [1.807, 2.05) is 0 Å². The Morgan fingerprint density at radius 1 is 1.20 bits per heavy atom. The highest BCUT2D eigenvalue weighted by Gasteiger charge is 2.35. The van der Waals surface area contributed by atoms with Crippen molar-refractivity contribution in [1.82, 2.24) is 15.1 Å². The van der Waals surface area contributed by atoms with E-state index in [-0.39, 0.29) is 11.6 Å². The number of carbonyl (C=O) groups is 1. The molecule has 1 saturated heterocycles. The Labute approximate surface area is 143 Å². The molecule has 134 valence electrons. The van der Waals surface area contributed by atoms with Crippen LogP contribution in [-0.4, -0.2) is 28.8 Å². The fraction of sp³-hybridized carbons (Fsp3) is 0.412. The fourth-order valence-electron chi connectivity index (χ4n) is 2.97. The van der Waals surface area contributed by atoms with Gasteiger partial charge in [-0.15, -0.1) is 0 Å². The zero-order chi connectivity index (χ0) is 17.9. The highest BCUT2D eigenvalue weighted by Crippen LogP contribution is 2.30. The molecule has 0 bridgehead atoms. The van der Waals surface area contributed by atoms with Crippen molar-refractivity contribution < 1.29 is 18.0 Å². The number of piperidine rings is 1. The van der Waals surface area contributed by atoms with Gasteiger partial charge in [0.05, 0.1) is 11.9 Å². The topological polar surface area (TPSA) is 59.0 Å². The molecular weight excluding hydrogens is 333 g/mol. The SMILES string of the molecule is O=C(CC1CCNCC1)Nc1ccc(-n2nccc2C(F)(F)F)cc1. The van der Waals surface area contributed by atoms with Crippen molar-refractivity contribution >= 4 is 11.6 Å². The zero-order valence-electron chi connectivity index (χ0n) is 13.5. The molecule has 1 aliphatic rings. The molecule has 8 heteroatoms. The van der Waals surface area contributed by atoms with Crippen molar-refractivity contribution in [2.24, 2.45) is 5.92 Å². The first kappa shape index (κ1) is 17.5. The minimum absolute atomic E-state index is 0.0743. The lowest BCUT2D eigenvalue weighted by molar-refractivity contribution is -0.142. The van der Waals surface area contributed by atoms with Crippen LogP contribution >= 0.6 is 0 Å². The van der Waals surface area contributed by atoms with Gasteiger partial charge in [-0.2, -0.15) is 18.3 Å². The van der Waals surface area contributed by atoms with Gasteiger partial charge >= 0.3 is 6.18 Å². The number of hydrogen-bond donors (Lipinski definition) is 2. The minimum Gasteiger partial charge on any atom is -0.326 e. The number of halogens is 3. The summed E-state index contributed by atoms with van der Waals surface area (Å²) in [7, 11) is 0. The largest absolute Gasteiger partial charge is 0.433 e. The second kappa shape index (κ2) is 7.26. The van der Waals surface area contributed by atoms with Crippen molar-refractivity contribution in [2.75, 3.05) is 18.4 Å². The van der Waals surface area contributed by atoms with Gasteiger partial charge in [0.25, 0.3) is 0 Å². The van der Waals surface area contributed by atoms with E-state index in [0.29, 0.717) is 18.0 Å². The van der Waals surface area contributed by atoms with Gasteiger partial charge in [0.1, 0.15) is 5.69 Å². The zero-order valence-corrected chi connectivity index (χ0v) is 13.5. The van der Waals surface area contributed by atoms with E-state index in [0.717, 1.165) is 42.9 Å². The average Bonchev–Trinajstić information content (AvgIpc) is 3.06. The molecule has 2 aromatic rings. The smallest absolute Gasteiger partial charge is 0.326 e. The van der Waals surface area contributed by atoms with Gasteiger partial charge in [0.15, 0.2) is 0 Å². The molecule has 0 unspecified atom stereocenters. The fourth-order valence-corrected chi connectivity index (χ4v) is 2.97. The first-order valence-electron chi connectivity index (χ1n) is 8.16. The number of alkyl halides is 3. The maximum absolute atomic E-state index is 12.9. The lowest BCUT2D eigenvalue weighted by Gasteiger charge is -2.21. The van der Waals surface area contributed by atoms with Crippen molar-refractivity contribution in [3.8, 4) is 5.69 Å². The molecule has 5 nitrogen and oxygen atoms in total. The summed E-state index contributed by atoms with van der Waals surface area (Å²) < 4.78 is 39.6. The number of anilines is 1. The van der Waals surface area contributed by atoms with E-state index < -0.39 is 11.9 Å². The molecule has 2 N–H and O–H groups in total. The summed E-state index contributed by atoms with van der Waals surface area (Å²) in [5.41, 5.74) is 0.00673. The van der Waals surface area contributed by atoms with E-state index in [1.54, 1.807) is 12.1 Å². The number of nitrogens with zero attached hydrogens (tertiary/aromatic N) is 2. The summed E-state index contributed by atoms with van der Waals surface area (Å²) in [5, 5.41) is 9.77. The Morgan fingerprint density at radius 2 is 1.88 bits per heavy atom. The maximum atomic E-state index is 12.9. The Hall–Kier alpha value is -2.35. The third-order valence-corrected chi connectivity index (χ3v) is 4.26. The van der Waals surface area contributed by atoms with Crippen LogP contribution in [0.4, 0.5) is 18.9 Å². The van der Waals surface area contributed by atoms with Crippen molar-refractivity contribution in [1.29, 1.82) is 0 Å². The van der Waals surface area contributed by atoms with Gasteiger partial charge in [-0.1, -0.05) is 0 Å². The van der Waals surface area contributed by atoms with Crippen LogP contribution in [0.15, 0.2) is 36.5 Å². The van der Waals surface area contributed by atoms with E-state index in [9.17, 15) is 18.0 Å². The lowest BCUT2D eigenvalue weighted by atomic mass is 9.94. The van der Waals surface area contributed by atoms with Crippen molar-refractivity contribution in [2.45, 2.75) is 25.4 Å². The molecule has 0 aliphatic carbocycles. The van der Waals surface area contributed by atoms with Gasteiger partial charge in [0.2, 0.25) is 5.91 Å². The van der Waals surface area contributed by atoms with E-state index >= 15 is 0 Å². The van der Waals surface area contributed by atoms with Gasteiger partial charge in [0, 0.05) is 12.1 Å². The third kappa shape index (κ3) is 4.39. The third-order valence-electron chi connectivity index (χ3n) is 4.26. The number of amides is 1. The summed E-state index contributed by atoms with van der Waals surface area (Å²) in [5.74, 6) is 0.300. The quantitative estimate of drug-likeness (QED) is 0.888. The summed E-state index contributed by atoms with van der Waals surface area (Å²) in [4.78, 5) is 12.1. The molecule has 1 amide bonds. The number of nitrogens with one attached hydrogen (secondary N) is 2. The predicted molar refractivity (Wildman–Crippen MR) is 87.4 cm³/mol. The molecule has 0 spiro atoms. The monoisotopic (exact) mass is 352 g/mol. The Bertz CT molecular complexity index is 718. The maximum Gasteiger partial charge on any atom is 0.433 e. The molecule has 3 rings (SSSR count). The summed E-state index contributed by atoms with van der Waals surface area (Å²) in [6.07, 6.45) is -0.950. The number of carbonyl (C=O) groups excluding carboxylic acids is 1. The first-order chi connectivity index (χ1) is 11.9. The number of benzene rings is 1. The van der Waals surface area contributed by atoms with Crippen LogP contribution in [0.25, 0.3) is 5.69 Å². The van der Waals surface area contributed by atoms with E-state index in [4.69, 9.17) is 0 Å². The first-order valence-corrected chi connectivity index (χ1v) is 8.16. The molecule has 25 heavy (non-hydrogen) atoms. The molecule has 2 heterocycles. The Kier molecular flexibility index (Phi) is 5.08. The van der Waals surface area contributed by atoms with Crippen LogP contribution < -0.4 is 10.6 Å². The summed E-state index contributed by atoms with van der Waals surface area (Å²) >= 11 is 0. The van der Waals surface area contributed by atoms with Crippen LogP contribution in [0.5, 0.6) is 0 Å². The Balaban J connectivity index is 1.64. The normalized spacial score (nSPS) is 16.0. The van der Waals surface area contributed by atoms with Crippen LogP contribution in [0.3, 0.4) is 0 Å². The van der Waals surface area contributed by atoms with E-state index in [1.165, 1.54) is 12.1 Å². The van der Waals surface area contributed by atoms with Gasteiger partial charge in [-0.3, -0.25) is 4.79 Å². The second-order valence-electron chi connectivity index (χ2n) is 6.12. The van der Waals surface area contributed by atoms with Crippen LogP contribution in [0.2, 0.25) is 0 Å². The number of hydrogen-bond acceptors (Lipinski definition) is 3. The van der Waals surface area contributed by atoms with Crippen LogP contribution in [0.1, 0.15) is 25.0 Å². The molecular formula is C17H19F3N4O. The number of aromatic nitrogens is 2. The van der Waals surface area contributed by atoms with Crippen LogP contribution in [-0.2, 0) is 11.0 Å². The van der Waals surface area contributed by atoms with Gasteiger partial charge in [-0.05, 0) is 62.2 Å². The minimum atomic E-state index is -4.47. The predicted octanol–water partition coefficient (Wildman–Crippen LogP) is 3.22.